The normalized spacial score (nSPS) is 16.1. The van der Waals surface area contributed by atoms with Gasteiger partial charge in [-0.2, -0.15) is 4.99 Å². The van der Waals surface area contributed by atoms with Gasteiger partial charge in [0.1, 0.15) is 0 Å². The van der Waals surface area contributed by atoms with E-state index in [9.17, 15) is 10.3 Å². The summed E-state index contributed by atoms with van der Waals surface area (Å²) in [6.07, 6.45) is 0. The molecule has 1 aromatic rings. The highest BCUT2D eigenvalue weighted by Crippen LogP contribution is 2.09. The van der Waals surface area contributed by atoms with Crippen LogP contribution in [-0.2, 0) is 0 Å². The Labute approximate surface area is 85.9 Å². The largest absolute Gasteiger partial charge is 0.491 e. The third kappa shape index (κ3) is 1.70. The van der Waals surface area contributed by atoms with Gasteiger partial charge in [0.05, 0.1) is 0 Å². The molecule has 0 amide bonds. The van der Waals surface area contributed by atoms with Crippen LogP contribution in [0.4, 0.5) is 0 Å². The molecule has 1 aliphatic heterocycles. The molecule has 5 N–H and O–H groups in total. The standard InChI is InChI=1S/C9H10N4O2/c10-7-9(14)11-8(12-13(7)15)6-4-2-1-3-5-6/h1-5,14-15H,10H2,(H,11,12). The maximum atomic E-state index is 9.31. The number of amidine groups is 1. The van der Waals surface area contributed by atoms with E-state index in [2.05, 4.69) is 10.4 Å². The molecule has 0 aromatic heterocycles. The van der Waals surface area contributed by atoms with Gasteiger partial charge in [0.25, 0.3) is 5.88 Å². The van der Waals surface area contributed by atoms with Crippen molar-refractivity contribution in [2.24, 2.45) is 10.7 Å². The Morgan fingerprint density at radius 2 is 1.93 bits per heavy atom. The Kier molecular flexibility index (Phi) is 2.18. The second kappa shape index (κ2) is 3.50. The van der Waals surface area contributed by atoms with Gasteiger partial charge in [-0.3, -0.25) is 10.6 Å². The van der Waals surface area contributed by atoms with Crippen molar-refractivity contribution in [2.75, 3.05) is 0 Å². The molecule has 1 aromatic carbocycles. The summed E-state index contributed by atoms with van der Waals surface area (Å²) in [6, 6.07) is 9.07. The van der Waals surface area contributed by atoms with Gasteiger partial charge in [-0.05, 0) is 0 Å². The molecule has 1 heterocycles. The predicted octanol–water partition coefficient (Wildman–Crippen LogP) is 0.286. The number of benzene rings is 1. The maximum Gasteiger partial charge on any atom is 0.259 e. The van der Waals surface area contributed by atoms with Crippen molar-refractivity contribution in [2.45, 2.75) is 0 Å². The molecule has 0 spiro atoms. The van der Waals surface area contributed by atoms with Gasteiger partial charge in [0.15, 0.2) is 5.84 Å². The molecule has 0 bridgehead atoms. The Bertz CT molecular complexity index is 427. The first kappa shape index (κ1) is 9.35. The lowest BCUT2D eigenvalue weighted by Gasteiger charge is -2.23. The number of nitrogens with one attached hydrogen (secondary N) is 1. The third-order valence-corrected chi connectivity index (χ3v) is 1.93. The second-order valence-corrected chi connectivity index (χ2v) is 2.96. The number of rotatable bonds is 1. The zero-order valence-electron chi connectivity index (χ0n) is 7.75. The molecule has 0 radical (unpaired) electrons. The predicted molar refractivity (Wildman–Crippen MR) is 53.6 cm³/mol. The van der Waals surface area contributed by atoms with Crippen LogP contribution in [0.2, 0.25) is 0 Å². The highest BCUT2D eigenvalue weighted by molar-refractivity contribution is 5.99. The van der Waals surface area contributed by atoms with Crippen LogP contribution < -0.4 is 11.2 Å². The summed E-state index contributed by atoms with van der Waals surface area (Å²) < 4.78 is 0. The number of hydrogen-bond donors (Lipinski definition) is 4. The van der Waals surface area contributed by atoms with Crippen LogP contribution in [0.25, 0.3) is 0 Å². The van der Waals surface area contributed by atoms with Crippen LogP contribution in [-0.4, -0.2) is 21.3 Å². The molecule has 0 atom stereocenters. The minimum absolute atomic E-state index is 0.241. The van der Waals surface area contributed by atoms with E-state index in [1.165, 1.54) is 0 Å². The monoisotopic (exact) mass is 206 g/mol. The van der Waals surface area contributed by atoms with Crippen molar-refractivity contribution in [3.8, 4) is 0 Å². The average molecular weight is 206 g/mol. The van der Waals surface area contributed by atoms with E-state index in [1.807, 2.05) is 18.2 Å². The minimum atomic E-state index is -0.421. The summed E-state index contributed by atoms with van der Waals surface area (Å²) in [7, 11) is 0. The Balaban J connectivity index is 2.38. The van der Waals surface area contributed by atoms with Crippen LogP contribution in [0.3, 0.4) is 0 Å². The highest BCUT2D eigenvalue weighted by atomic mass is 16.5. The third-order valence-electron chi connectivity index (χ3n) is 1.93. The first-order valence-electron chi connectivity index (χ1n) is 4.27. The van der Waals surface area contributed by atoms with Gasteiger partial charge in [-0.15, -0.1) is 5.17 Å². The van der Waals surface area contributed by atoms with E-state index >= 15 is 0 Å². The SMILES string of the molecule is NC1=C(O)N=C(c2ccccc2)NN1O. The number of hydrogen-bond acceptors (Lipinski definition) is 6. The van der Waals surface area contributed by atoms with Crippen molar-refractivity contribution in [1.82, 2.24) is 10.6 Å². The number of nitrogens with zero attached hydrogens (tertiary/aromatic N) is 2. The Morgan fingerprint density at radius 3 is 2.53 bits per heavy atom. The van der Waals surface area contributed by atoms with E-state index in [-0.39, 0.29) is 5.82 Å². The topological polar surface area (TPSA) is 94.1 Å². The first-order valence-corrected chi connectivity index (χ1v) is 4.27. The zero-order chi connectivity index (χ0) is 10.8. The Hall–Kier alpha value is -2.21. The smallest absolute Gasteiger partial charge is 0.259 e. The van der Waals surface area contributed by atoms with Crippen molar-refractivity contribution in [3.05, 3.63) is 47.6 Å². The van der Waals surface area contributed by atoms with Crippen molar-refractivity contribution < 1.29 is 10.3 Å². The fraction of sp³-hybridized carbons (Fsp3) is 0. The summed E-state index contributed by atoms with van der Waals surface area (Å²) in [6.45, 7) is 0. The van der Waals surface area contributed by atoms with Gasteiger partial charge in [-0.25, -0.2) is 0 Å². The Morgan fingerprint density at radius 1 is 1.27 bits per heavy atom. The summed E-state index contributed by atoms with van der Waals surface area (Å²) in [5, 5.41) is 19.1. The zero-order valence-corrected chi connectivity index (χ0v) is 7.75. The lowest BCUT2D eigenvalue weighted by Crippen LogP contribution is -2.45. The lowest BCUT2D eigenvalue weighted by molar-refractivity contribution is -0.0899. The van der Waals surface area contributed by atoms with Gasteiger partial charge >= 0.3 is 0 Å². The van der Waals surface area contributed by atoms with Crippen molar-refractivity contribution in [1.29, 1.82) is 0 Å². The van der Waals surface area contributed by atoms with E-state index in [4.69, 9.17) is 5.73 Å². The molecule has 0 fully saturated rings. The van der Waals surface area contributed by atoms with Crippen LogP contribution >= 0.6 is 0 Å². The van der Waals surface area contributed by atoms with Crippen LogP contribution in [0.1, 0.15) is 5.56 Å². The van der Waals surface area contributed by atoms with E-state index in [0.717, 1.165) is 5.56 Å². The molecule has 0 aliphatic carbocycles. The fourth-order valence-corrected chi connectivity index (χ4v) is 1.17. The van der Waals surface area contributed by atoms with Crippen molar-refractivity contribution in [3.63, 3.8) is 0 Å². The molecule has 1 aliphatic rings. The minimum Gasteiger partial charge on any atom is -0.491 e. The van der Waals surface area contributed by atoms with Crippen LogP contribution in [0.15, 0.2) is 47.0 Å². The van der Waals surface area contributed by atoms with E-state index in [1.54, 1.807) is 12.1 Å². The van der Waals surface area contributed by atoms with Crippen LogP contribution in [0, 0.1) is 0 Å². The lowest BCUT2D eigenvalue weighted by atomic mass is 10.2. The molecular formula is C9H10N4O2. The van der Waals surface area contributed by atoms with E-state index in [0.29, 0.717) is 11.0 Å². The fourth-order valence-electron chi connectivity index (χ4n) is 1.17. The molecule has 0 saturated heterocycles. The number of aliphatic hydroxyl groups is 1. The highest BCUT2D eigenvalue weighted by Gasteiger charge is 2.18. The van der Waals surface area contributed by atoms with Gasteiger partial charge in [-0.1, -0.05) is 30.3 Å². The van der Waals surface area contributed by atoms with Crippen molar-refractivity contribution >= 4 is 5.84 Å². The summed E-state index contributed by atoms with van der Waals surface area (Å²) in [5.41, 5.74) is 8.54. The molecule has 15 heavy (non-hydrogen) atoms. The van der Waals surface area contributed by atoms with Gasteiger partial charge in [0, 0.05) is 5.56 Å². The summed E-state index contributed by atoms with van der Waals surface area (Å²) in [4.78, 5) is 3.80. The number of hydroxylamine groups is 1. The molecule has 78 valence electrons. The van der Waals surface area contributed by atoms with Gasteiger partial charge in [0.2, 0.25) is 5.82 Å². The van der Waals surface area contributed by atoms with Crippen LogP contribution in [0.5, 0.6) is 0 Å². The van der Waals surface area contributed by atoms with Gasteiger partial charge < -0.3 is 10.8 Å². The molecular weight excluding hydrogens is 196 g/mol. The number of aliphatic hydroxyl groups excluding tert-OH is 1. The molecule has 6 nitrogen and oxygen atoms in total. The summed E-state index contributed by atoms with van der Waals surface area (Å²) >= 11 is 0. The molecule has 0 saturated carbocycles. The molecule has 2 rings (SSSR count). The number of hydrazine groups is 1. The van der Waals surface area contributed by atoms with E-state index < -0.39 is 5.88 Å². The maximum absolute atomic E-state index is 9.31. The molecule has 6 heteroatoms. The average Bonchev–Trinajstić information content (AvgIpc) is 2.26. The molecule has 0 unspecified atom stereocenters. The first-order chi connectivity index (χ1) is 7.18. The quantitative estimate of drug-likeness (QED) is 0.529. The summed E-state index contributed by atoms with van der Waals surface area (Å²) in [5.74, 6) is -0.338. The number of nitrogens with two attached hydrogens (primary N) is 1. The number of aliphatic imine (C=N–C) groups is 1. The second-order valence-electron chi connectivity index (χ2n) is 2.96.